The monoisotopic (exact) mass is 542 g/mol. The fraction of sp³-hybridized carbons (Fsp3) is 0.240. The van der Waals surface area contributed by atoms with Gasteiger partial charge >= 0.3 is 6.18 Å². The number of H-pyrrole nitrogens is 1. The van der Waals surface area contributed by atoms with E-state index in [1.54, 1.807) is 18.3 Å². The van der Waals surface area contributed by atoms with Gasteiger partial charge in [-0.25, -0.2) is 19.9 Å². The second kappa shape index (κ2) is 11.8. The quantitative estimate of drug-likeness (QED) is 0.221. The van der Waals surface area contributed by atoms with Crippen LogP contribution >= 0.6 is 0 Å². The van der Waals surface area contributed by atoms with Gasteiger partial charge in [-0.05, 0) is 24.3 Å². The zero-order valence-corrected chi connectivity index (χ0v) is 21.0. The average molecular weight is 543 g/mol. The van der Waals surface area contributed by atoms with Crippen LogP contribution in [0.1, 0.15) is 5.56 Å². The summed E-state index contributed by atoms with van der Waals surface area (Å²) in [4.78, 5) is 32.3. The maximum absolute atomic E-state index is 13.1. The number of aromatic amines is 1. The van der Waals surface area contributed by atoms with Gasteiger partial charge in [-0.3, -0.25) is 4.79 Å². The molecule has 0 aliphatic rings. The van der Waals surface area contributed by atoms with Crippen molar-refractivity contribution < 1.29 is 27.4 Å². The van der Waals surface area contributed by atoms with Crippen molar-refractivity contribution in [2.75, 3.05) is 45.0 Å². The molecule has 1 aromatic carbocycles. The first kappa shape index (κ1) is 27.3. The molecule has 4 aromatic rings. The highest BCUT2D eigenvalue weighted by molar-refractivity contribution is 5.81. The molecule has 3 heterocycles. The summed E-state index contributed by atoms with van der Waals surface area (Å²) in [6.07, 6.45) is -1.41. The highest BCUT2D eigenvalue weighted by atomic mass is 19.4. The maximum Gasteiger partial charge on any atom is 0.416 e. The van der Waals surface area contributed by atoms with Crippen LogP contribution in [-0.4, -0.2) is 64.7 Å². The number of hydrogen-bond acceptors (Lipinski definition) is 9. The van der Waals surface area contributed by atoms with Gasteiger partial charge < -0.3 is 30.8 Å². The third-order valence-electron chi connectivity index (χ3n) is 5.48. The molecule has 4 rings (SSSR count). The standard InChI is InChI=1S/C25H25F3N8O3/c1-38-13-19(37)30-9-10-32-24-31-8-7-17(34-24)21-20(15-11-18(39-2)22(29)33-12-15)35-23(36-21)14-3-5-16(6-4-14)25(26,27)28/h3-8,11-12H,9-10,13H2,1-2H3,(H2,29,33)(H,30,37)(H,35,36)(H,31,32,34). The number of imidazole rings is 1. The molecule has 0 spiro atoms. The number of alkyl halides is 3. The van der Waals surface area contributed by atoms with Crippen molar-refractivity contribution in [3.63, 3.8) is 0 Å². The Hall–Kier alpha value is -4.72. The minimum Gasteiger partial charge on any atom is -0.493 e. The number of carbonyl (C=O) groups is 1. The fourth-order valence-electron chi connectivity index (χ4n) is 3.61. The lowest BCUT2D eigenvalue weighted by molar-refractivity contribution is -0.137. The fourth-order valence-corrected chi connectivity index (χ4v) is 3.61. The lowest BCUT2D eigenvalue weighted by Crippen LogP contribution is -2.31. The Morgan fingerprint density at radius 1 is 1.05 bits per heavy atom. The molecule has 0 radical (unpaired) electrons. The third kappa shape index (κ3) is 6.59. The van der Waals surface area contributed by atoms with Gasteiger partial charge in [0.15, 0.2) is 11.6 Å². The summed E-state index contributed by atoms with van der Waals surface area (Å²) in [7, 11) is 2.89. The summed E-state index contributed by atoms with van der Waals surface area (Å²) in [6, 6.07) is 7.96. The topological polar surface area (TPSA) is 153 Å². The summed E-state index contributed by atoms with van der Waals surface area (Å²) in [5.74, 6) is 0.876. The molecule has 0 aliphatic heterocycles. The van der Waals surface area contributed by atoms with Crippen molar-refractivity contribution in [2.24, 2.45) is 0 Å². The van der Waals surface area contributed by atoms with E-state index in [0.29, 0.717) is 52.9 Å². The number of halogens is 3. The number of amides is 1. The number of nitrogen functional groups attached to an aromatic ring is 1. The molecule has 0 atom stereocenters. The molecule has 1 amide bonds. The molecular weight excluding hydrogens is 517 g/mol. The molecule has 0 aliphatic carbocycles. The number of rotatable bonds is 10. The van der Waals surface area contributed by atoms with E-state index in [0.717, 1.165) is 12.1 Å². The van der Waals surface area contributed by atoms with Gasteiger partial charge in [0.25, 0.3) is 0 Å². The molecule has 0 saturated carbocycles. The SMILES string of the molecule is COCC(=O)NCCNc1nccc(-c2[nH]c(-c3ccc(C(F)(F)F)cc3)nc2-c2cnc(N)c(OC)c2)n1. The lowest BCUT2D eigenvalue weighted by atomic mass is 10.1. The van der Waals surface area contributed by atoms with Crippen LogP contribution in [0.2, 0.25) is 0 Å². The van der Waals surface area contributed by atoms with E-state index >= 15 is 0 Å². The molecule has 0 saturated heterocycles. The van der Waals surface area contributed by atoms with E-state index in [-0.39, 0.29) is 24.3 Å². The Morgan fingerprint density at radius 2 is 1.82 bits per heavy atom. The Kier molecular flexibility index (Phi) is 8.24. The Balaban J connectivity index is 1.68. The van der Waals surface area contributed by atoms with E-state index in [2.05, 4.69) is 35.6 Å². The van der Waals surface area contributed by atoms with Crippen molar-refractivity contribution >= 4 is 17.7 Å². The van der Waals surface area contributed by atoms with Crippen LogP contribution in [0, 0.1) is 0 Å². The minimum absolute atomic E-state index is 0.0410. The number of aromatic nitrogens is 5. The first-order valence-corrected chi connectivity index (χ1v) is 11.6. The predicted octanol–water partition coefficient (Wildman–Crippen LogP) is 3.38. The summed E-state index contributed by atoms with van der Waals surface area (Å²) in [5, 5.41) is 5.71. The summed E-state index contributed by atoms with van der Waals surface area (Å²) in [5.41, 5.74) is 7.42. The number of carbonyl (C=O) groups excluding carboxylic acids is 1. The van der Waals surface area contributed by atoms with Crippen LogP contribution in [0.25, 0.3) is 34.0 Å². The van der Waals surface area contributed by atoms with Crippen molar-refractivity contribution in [2.45, 2.75) is 6.18 Å². The van der Waals surface area contributed by atoms with Crippen molar-refractivity contribution in [1.29, 1.82) is 0 Å². The number of benzene rings is 1. The maximum atomic E-state index is 13.1. The molecule has 11 nitrogen and oxygen atoms in total. The van der Waals surface area contributed by atoms with Gasteiger partial charge in [-0.15, -0.1) is 0 Å². The van der Waals surface area contributed by atoms with Crippen LogP contribution in [0.5, 0.6) is 5.75 Å². The molecule has 39 heavy (non-hydrogen) atoms. The third-order valence-corrected chi connectivity index (χ3v) is 5.48. The van der Waals surface area contributed by atoms with Gasteiger partial charge in [0.1, 0.15) is 18.1 Å². The second-order valence-corrected chi connectivity index (χ2v) is 8.17. The largest absolute Gasteiger partial charge is 0.493 e. The van der Waals surface area contributed by atoms with E-state index in [9.17, 15) is 18.0 Å². The molecule has 14 heteroatoms. The zero-order chi connectivity index (χ0) is 28.0. The Labute approximate surface area is 221 Å². The lowest BCUT2D eigenvalue weighted by Gasteiger charge is -2.09. The summed E-state index contributed by atoms with van der Waals surface area (Å²) in [6.45, 7) is 0.630. The molecule has 3 aromatic heterocycles. The summed E-state index contributed by atoms with van der Waals surface area (Å²) < 4.78 is 49.2. The molecule has 0 fully saturated rings. The van der Waals surface area contributed by atoms with Crippen LogP contribution in [0.3, 0.4) is 0 Å². The number of methoxy groups -OCH3 is 2. The number of ether oxygens (including phenoxy) is 2. The first-order chi connectivity index (χ1) is 18.7. The highest BCUT2D eigenvalue weighted by Crippen LogP contribution is 2.36. The van der Waals surface area contributed by atoms with E-state index in [1.807, 2.05) is 0 Å². The van der Waals surface area contributed by atoms with Crippen LogP contribution in [0.4, 0.5) is 24.9 Å². The van der Waals surface area contributed by atoms with Gasteiger partial charge in [0, 0.05) is 43.7 Å². The Morgan fingerprint density at radius 3 is 2.51 bits per heavy atom. The molecular formula is C25H25F3N8O3. The van der Waals surface area contributed by atoms with Crippen LogP contribution < -0.4 is 21.1 Å². The first-order valence-electron chi connectivity index (χ1n) is 11.6. The Bertz CT molecular complexity index is 1440. The van der Waals surface area contributed by atoms with E-state index in [4.69, 9.17) is 15.2 Å². The molecule has 0 bridgehead atoms. The molecule has 0 unspecified atom stereocenters. The van der Waals surface area contributed by atoms with Crippen LogP contribution in [0.15, 0.2) is 48.8 Å². The second-order valence-electron chi connectivity index (χ2n) is 8.17. The number of nitrogens with two attached hydrogens (primary N) is 1. The van der Waals surface area contributed by atoms with Gasteiger partial charge in [0.2, 0.25) is 11.9 Å². The van der Waals surface area contributed by atoms with Gasteiger partial charge in [0.05, 0.1) is 24.1 Å². The number of anilines is 2. The molecule has 5 N–H and O–H groups in total. The zero-order valence-electron chi connectivity index (χ0n) is 21.0. The highest BCUT2D eigenvalue weighted by Gasteiger charge is 2.30. The number of nitrogens with one attached hydrogen (secondary N) is 3. The van der Waals surface area contributed by atoms with Crippen molar-refractivity contribution in [1.82, 2.24) is 30.2 Å². The smallest absolute Gasteiger partial charge is 0.416 e. The van der Waals surface area contributed by atoms with Crippen molar-refractivity contribution in [3.05, 3.63) is 54.4 Å². The van der Waals surface area contributed by atoms with Gasteiger partial charge in [-0.1, -0.05) is 12.1 Å². The van der Waals surface area contributed by atoms with Gasteiger partial charge in [-0.2, -0.15) is 13.2 Å². The number of nitrogens with zero attached hydrogens (tertiary/aromatic N) is 4. The number of pyridine rings is 1. The predicted molar refractivity (Wildman–Crippen MR) is 138 cm³/mol. The van der Waals surface area contributed by atoms with Crippen LogP contribution in [-0.2, 0) is 15.7 Å². The average Bonchev–Trinajstić information content (AvgIpc) is 3.37. The molecule has 204 valence electrons. The van der Waals surface area contributed by atoms with Crippen molar-refractivity contribution in [3.8, 4) is 39.8 Å². The normalized spacial score (nSPS) is 11.3. The minimum atomic E-state index is -4.46. The summed E-state index contributed by atoms with van der Waals surface area (Å²) >= 11 is 0. The van der Waals surface area contributed by atoms with E-state index in [1.165, 1.54) is 32.5 Å². The number of hydrogen-bond donors (Lipinski definition) is 4. The van der Waals surface area contributed by atoms with E-state index < -0.39 is 11.7 Å².